The van der Waals surface area contributed by atoms with Gasteiger partial charge in [0.05, 0.1) is 4.90 Å². The van der Waals surface area contributed by atoms with E-state index in [2.05, 4.69) is 10.0 Å². The van der Waals surface area contributed by atoms with Gasteiger partial charge < -0.3 is 10.1 Å². The quantitative estimate of drug-likeness (QED) is 0.704. The molecule has 0 bridgehead atoms. The van der Waals surface area contributed by atoms with Gasteiger partial charge in [-0.05, 0) is 67.6 Å². The van der Waals surface area contributed by atoms with Crippen molar-refractivity contribution in [3.8, 4) is 5.75 Å². The van der Waals surface area contributed by atoms with Crippen LogP contribution in [0.3, 0.4) is 0 Å². The molecule has 0 saturated carbocycles. The predicted molar refractivity (Wildman–Crippen MR) is 111 cm³/mol. The van der Waals surface area contributed by atoms with Gasteiger partial charge in [-0.25, -0.2) is 13.1 Å². The van der Waals surface area contributed by atoms with Gasteiger partial charge >= 0.3 is 0 Å². The lowest BCUT2D eigenvalue weighted by Gasteiger charge is -2.13. The molecule has 0 aliphatic carbocycles. The van der Waals surface area contributed by atoms with Crippen molar-refractivity contribution in [3.63, 3.8) is 0 Å². The van der Waals surface area contributed by atoms with E-state index in [1.165, 1.54) is 6.07 Å². The number of amides is 1. The number of anilines is 1. The van der Waals surface area contributed by atoms with Crippen molar-refractivity contribution < 1.29 is 17.9 Å². The Morgan fingerprint density at radius 1 is 1.07 bits per heavy atom. The summed E-state index contributed by atoms with van der Waals surface area (Å²) in [6.07, 6.45) is 0. The second-order valence-electron chi connectivity index (χ2n) is 7.26. The second kappa shape index (κ2) is 9.21. The van der Waals surface area contributed by atoms with Crippen LogP contribution < -0.4 is 14.8 Å². The SMILES string of the molecule is Cc1cc(S(=O)(=O)NCC(C)C)ccc1OCC(=O)Nc1cccc(C)c1C. The zero-order chi connectivity index (χ0) is 20.9. The van der Waals surface area contributed by atoms with E-state index < -0.39 is 10.0 Å². The van der Waals surface area contributed by atoms with Crippen molar-refractivity contribution in [2.45, 2.75) is 39.5 Å². The molecule has 28 heavy (non-hydrogen) atoms. The molecule has 0 saturated heterocycles. The van der Waals surface area contributed by atoms with Gasteiger partial charge in [0.2, 0.25) is 10.0 Å². The molecule has 2 N–H and O–H groups in total. The third-order valence-corrected chi connectivity index (χ3v) is 5.80. The Balaban J connectivity index is 2.01. The molecule has 0 aromatic heterocycles. The number of aryl methyl sites for hydroxylation is 2. The summed E-state index contributed by atoms with van der Waals surface area (Å²) in [4.78, 5) is 12.4. The Kier molecular flexibility index (Phi) is 7.21. The van der Waals surface area contributed by atoms with Gasteiger partial charge in [0, 0.05) is 12.2 Å². The topological polar surface area (TPSA) is 84.5 Å². The van der Waals surface area contributed by atoms with Crippen molar-refractivity contribution in [1.29, 1.82) is 0 Å². The molecule has 7 heteroatoms. The Bertz CT molecular complexity index is 953. The highest BCUT2D eigenvalue weighted by Gasteiger charge is 2.16. The minimum Gasteiger partial charge on any atom is -0.483 e. The maximum atomic E-state index is 12.3. The molecule has 0 fully saturated rings. The Morgan fingerprint density at radius 2 is 1.79 bits per heavy atom. The van der Waals surface area contributed by atoms with Crippen molar-refractivity contribution in [3.05, 3.63) is 53.1 Å². The number of benzene rings is 2. The molecule has 0 radical (unpaired) electrons. The van der Waals surface area contributed by atoms with Crippen LogP contribution in [-0.2, 0) is 14.8 Å². The maximum absolute atomic E-state index is 12.3. The van der Waals surface area contributed by atoms with Crippen molar-refractivity contribution in [2.75, 3.05) is 18.5 Å². The standard InChI is InChI=1S/C21H28N2O4S/c1-14(2)12-22-28(25,26)18-9-10-20(16(4)11-18)27-13-21(24)23-19-8-6-7-15(3)17(19)5/h6-11,14,22H,12-13H2,1-5H3,(H,23,24). The highest BCUT2D eigenvalue weighted by atomic mass is 32.2. The van der Waals surface area contributed by atoms with E-state index >= 15 is 0 Å². The van der Waals surface area contributed by atoms with Crippen LogP contribution in [0.15, 0.2) is 41.3 Å². The third kappa shape index (κ3) is 5.81. The number of carbonyl (C=O) groups excluding carboxylic acids is 1. The fraction of sp³-hybridized carbons (Fsp3) is 0.381. The molecule has 2 rings (SSSR count). The Labute approximate surface area is 167 Å². The minimum absolute atomic E-state index is 0.161. The van der Waals surface area contributed by atoms with Crippen LogP contribution in [0.5, 0.6) is 5.75 Å². The van der Waals surface area contributed by atoms with Crippen LogP contribution in [0.2, 0.25) is 0 Å². The van der Waals surface area contributed by atoms with Crippen molar-refractivity contribution in [1.82, 2.24) is 4.72 Å². The van der Waals surface area contributed by atoms with Crippen molar-refractivity contribution >= 4 is 21.6 Å². The predicted octanol–water partition coefficient (Wildman–Crippen LogP) is 3.56. The number of rotatable bonds is 8. The molecule has 6 nitrogen and oxygen atoms in total. The summed E-state index contributed by atoms with van der Waals surface area (Å²) in [6.45, 7) is 9.77. The normalized spacial score (nSPS) is 11.5. The molecule has 0 aliphatic rings. The summed E-state index contributed by atoms with van der Waals surface area (Å²) in [5.41, 5.74) is 3.50. The Hall–Kier alpha value is -2.38. The van der Waals surface area contributed by atoms with Crippen LogP contribution in [0, 0.1) is 26.7 Å². The average molecular weight is 405 g/mol. The van der Waals surface area contributed by atoms with Gasteiger partial charge in [0.25, 0.3) is 5.91 Å². The van der Waals surface area contributed by atoms with Gasteiger partial charge in [-0.15, -0.1) is 0 Å². The molecule has 2 aromatic carbocycles. The van der Waals surface area contributed by atoms with Crippen LogP contribution in [0.4, 0.5) is 5.69 Å². The van der Waals surface area contributed by atoms with E-state index in [1.54, 1.807) is 19.1 Å². The number of nitrogens with one attached hydrogen (secondary N) is 2. The summed E-state index contributed by atoms with van der Waals surface area (Å²) in [6, 6.07) is 10.3. The smallest absolute Gasteiger partial charge is 0.262 e. The first-order valence-corrected chi connectivity index (χ1v) is 10.7. The lowest BCUT2D eigenvalue weighted by molar-refractivity contribution is -0.118. The summed E-state index contributed by atoms with van der Waals surface area (Å²) < 4.78 is 32.8. The first-order chi connectivity index (χ1) is 13.1. The minimum atomic E-state index is -3.56. The zero-order valence-electron chi connectivity index (χ0n) is 17.0. The highest BCUT2D eigenvalue weighted by molar-refractivity contribution is 7.89. The van der Waals surface area contributed by atoms with Crippen molar-refractivity contribution in [2.24, 2.45) is 5.92 Å². The number of hydrogen-bond acceptors (Lipinski definition) is 4. The molecule has 2 aromatic rings. The lowest BCUT2D eigenvalue weighted by atomic mass is 10.1. The fourth-order valence-electron chi connectivity index (χ4n) is 2.53. The summed E-state index contributed by atoms with van der Waals surface area (Å²) in [5.74, 6) is 0.413. The molecule has 0 aliphatic heterocycles. The molecule has 1 amide bonds. The molecular weight excluding hydrogens is 376 g/mol. The van der Waals surface area contributed by atoms with E-state index in [9.17, 15) is 13.2 Å². The summed E-state index contributed by atoms with van der Waals surface area (Å²) >= 11 is 0. The lowest BCUT2D eigenvalue weighted by Crippen LogP contribution is -2.27. The third-order valence-electron chi connectivity index (χ3n) is 4.38. The number of hydrogen-bond donors (Lipinski definition) is 2. The number of carbonyl (C=O) groups is 1. The molecule has 0 heterocycles. The van der Waals surface area contributed by atoms with Crippen LogP contribution >= 0.6 is 0 Å². The average Bonchev–Trinajstić information content (AvgIpc) is 2.63. The summed E-state index contributed by atoms with van der Waals surface area (Å²) in [5, 5.41) is 2.83. The zero-order valence-corrected chi connectivity index (χ0v) is 17.8. The van der Waals surface area contributed by atoms with Crippen LogP contribution in [-0.4, -0.2) is 27.5 Å². The van der Waals surface area contributed by atoms with Crippen LogP contribution in [0.25, 0.3) is 0 Å². The maximum Gasteiger partial charge on any atom is 0.262 e. The molecule has 0 unspecified atom stereocenters. The summed E-state index contributed by atoms with van der Waals surface area (Å²) in [7, 11) is -3.56. The largest absolute Gasteiger partial charge is 0.483 e. The number of sulfonamides is 1. The van der Waals surface area contributed by atoms with Crippen LogP contribution in [0.1, 0.15) is 30.5 Å². The first kappa shape index (κ1) is 21.9. The van der Waals surface area contributed by atoms with E-state index in [-0.39, 0.29) is 23.3 Å². The second-order valence-corrected chi connectivity index (χ2v) is 9.02. The monoisotopic (exact) mass is 404 g/mol. The van der Waals surface area contributed by atoms with Gasteiger partial charge in [0.1, 0.15) is 5.75 Å². The van der Waals surface area contributed by atoms with Gasteiger partial charge in [0.15, 0.2) is 6.61 Å². The molecule has 0 spiro atoms. The van der Waals surface area contributed by atoms with E-state index in [0.29, 0.717) is 17.9 Å². The molecular formula is C21H28N2O4S. The van der Waals surface area contributed by atoms with E-state index in [0.717, 1.165) is 16.8 Å². The first-order valence-electron chi connectivity index (χ1n) is 9.19. The molecule has 0 atom stereocenters. The van der Waals surface area contributed by atoms with E-state index in [1.807, 2.05) is 45.9 Å². The van der Waals surface area contributed by atoms with Gasteiger partial charge in [-0.3, -0.25) is 4.79 Å². The number of ether oxygens (including phenoxy) is 1. The van der Waals surface area contributed by atoms with Gasteiger partial charge in [-0.1, -0.05) is 26.0 Å². The van der Waals surface area contributed by atoms with Gasteiger partial charge in [-0.2, -0.15) is 0 Å². The molecule has 152 valence electrons. The highest BCUT2D eigenvalue weighted by Crippen LogP contribution is 2.22. The van der Waals surface area contributed by atoms with E-state index in [4.69, 9.17) is 4.74 Å². The Morgan fingerprint density at radius 3 is 2.43 bits per heavy atom. The fourth-order valence-corrected chi connectivity index (χ4v) is 3.83.